The average molecular weight is 347 g/mol. The van der Waals surface area contributed by atoms with Gasteiger partial charge in [0.2, 0.25) is 0 Å². The molecule has 0 aromatic rings. The predicted molar refractivity (Wildman–Crippen MR) is 98.1 cm³/mol. The number of aliphatic hydroxyl groups excluding tert-OH is 1. The molecule has 0 radical (unpaired) electrons. The predicted octanol–water partition coefficient (Wildman–Crippen LogP) is 4.14. The molecule has 0 aromatic heterocycles. The number of Topliss-reactive ketones (excluding diaryl/α,β-unsaturated/α-hetero) is 1. The Bertz CT molecular complexity index is 596. The van der Waals surface area contributed by atoms with Crippen LogP contribution in [0.15, 0.2) is 11.6 Å². The van der Waals surface area contributed by atoms with Crippen LogP contribution in [-0.2, 0) is 9.53 Å². The van der Waals surface area contributed by atoms with Gasteiger partial charge in [-0.2, -0.15) is 0 Å². The Kier molecular flexibility index (Phi) is 4.20. The molecule has 0 spiro atoms. The van der Waals surface area contributed by atoms with E-state index in [1.165, 1.54) is 5.57 Å². The van der Waals surface area contributed by atoms with Crippen molar-refractivity contribution in [2.75, 3.05) is 7.11 Å². The monoisotopic (exact) mass is 346 g/mol. The molecule has 3 saturated carbocycles. The fourth-order valence-electron chi connectivity index (χ4n) is 7.63. The van der Waals surface area contributed by atoms with Crippen LogP contribution in [0.5, 0.6) is 0 Å². The van der Waals surface area contributed by atoms with E-state index >= 15 is 0 Å². The Labute approximate surface area is 152 Å². The van der Waals surface area contributed by atoms with E-state index in [0.29, 0.717) is 29.6 Å². The standard InChI is InChI=1S/C22H34O3/c1-13(23)17-7-8-18-16-6-5-14-11-15(25-4)9-10-21(14,2)20(16)19(24)12-22(17,18)3/h5,15-20,24H,6-12H2,1-4H3/t15-,16?,17+,18?,19-,20?,21-,22+/m0/s1. The fourth-order valence-corrected chi connectivity index (χ4v) is 7.63. The quantitative estimate of drug-likeness (QED) is 0.764. The summed E-state index contributed by atoms with van der Waals surface area (Å²) < 4.78 is 5.63. The third kappa shape index (κ3) is 2.41. The first-order valence-electron chi connectivity index (χ1n) is 10.2. The van der Waals surface area contributed by atoms with E-state index in [4.69, 9.17) is 4.74 Å². The molecule has 0 aromatic carbocycles. The summed E-state index contributed by atoms with van der Waals surface area (Å²) in [7, 11) is 1.82. The molecule has 4 rings (SSSR count). The van der Waals surface area contributed by atoms with Gasteiger partial charge in [0.15, 0.2) is 0 Å². The van der Waals surface area contributed by atoms with Gasteiger partial charge in [-0.05, 0) is 80.5 Å². The second kappa shape index (κ2) is 5.92. The van der Waals surface area contributed by atoms with Crippen molar-refractivity contribution in [3.8, 4) is 0 Å². The smallest absolute Gasteiger partial charge is 0.133 e. The highest BCUT2D eigenvalue weighted by Gasteiger charge is 2.62. The van der Waals surface area contributed by atoms with E-state index in [0.717, 1.165) is 44.9 Å². The highest BCUT2D eigenvalue weighted by molar-refractivity contribution is 5.79. The molecule has 8 atom stereocenters. The van der Waals surface area contributed by atoms with Gasteiger partial charge in [-0.1, -0.05) is 25.5 Å². The van der Waals surface area contributed by atoms with Gasteiger partial charge in [0.1, 0.15) is 5.78 Å². The van der Waals surface area contributed by atoms with Crippen molar-refractivity contribution in [1.29, 1.82) is 0 Å². The molecule has 4 aliphatic carbocycles. The van der Waals surface area contributed by atoms with Crippen molar-refractivity contribution in [2.45, 2.75) is 77.9 Å². The fraction of sp³-hybridized carbons (Fsp3) is 0.864. The lowest BCUT2D eigenvalue weighted by Crippen LogP contribution is -2.56. The van der Waals surface area contributed by atoms with Gasteiger partial charge in [-0.25, -0.2) is 0 Å². The lowest BCUT2D eigenvalue weighted by atomic mass is 9.46. The number of ketones is 1. The topological polar surface area (TPSA) is 46.5 Å². The lowest BCUT2D eigenvalue weighted by molar-refractivity contribution is -0.140. The Balaban J connectivity index is 1.69. The van der Waals surface area contributed by atoms with Crippen molar-refractivity contribution in [3.05, 3.63) is 11.6 Å². The Morgan fingerprint density at radius 2 is 2.04 bits per heavy atom. The first-order valence-corrected chi connectivity index (χ1v) is 10.2. The third-order valence-electron chi connectivity index (χ3n) is 8.81. The van der Waals surface area contributed by atoms with Gasteiger partial charge in [-0.3, -0.25) is 4.79 Å². The number of carbonyl (C=O) groups is 1. The van der Waals surface area contributed by atoms with Crippen molar-refractivity contribution < 1.29 is 14.6 Å². The van der Waals surface area contributed by atoms with Crippen LogP contribution >= 0.6 is 0 Å². The molecule has 0 heterocycles. The number of allylic oxidation sites excluding steroid dienone is 1. The molecule has 0 amide bonds. The molecule has 0 aliphatic heterocycles. The minimum atomic E-state index is -0.279. The molecule has 3 fully saturated rings. The molecule has 1 N–H and O–H groups in total. The van der Waals surface area contributed by atoms with Crippen LogP contribution in [0, 0.1) is 34.5 Å². The molecular weight excluding hydrogens is 312 g/mol. The number of rotatable bonds is 2. The summed E-state index contributed by atoms with van der Waals surface area (Å²) in [4.78, 5) is 12.2. The maximum Gasteiger partial charge on any atom is 0.133 e. The van der Waals surface area contributed by atoms with Crippen molar-refractivity contribution in [1.82, 2.24) is 0 Å². The van der Waals surface area contributed by atoms with Gasteiger partial charge >= 0.3 is 0 Å². The van der Waals surface area contributed by atoms with Crippen LogP contribution in [0.1, 0.15) is 65.7 Å². The van der Waals surface area contributed by atoms with Gasteiger partial charge in [0.05, 0.1) is 12.2 Å². The summed E-state index contributed by atoms with van der Waals surface area (Å²) in [5.41, 5.74) is 1.64. The molecule has 3 heteroatoms. The van der Waals surface area contributed by atoms with Gasteiger partial charge in [-0.15, -0.1) is 0 Å². The minimum Gasteiger partial charge on any atom is -0.393 e. The van der Waals surface area contributed by atoms with E-state index < -0.39 is 0 Å². The average Bonchev–Trinajstić information content (AvgIpc) is 2.90. The van der Waals surface area contributed by atoms with Gasteiger partial charge in [0.25, 0.3) is 0 Å². The Hall–Kier alpha value is -0.670. The Morgan fingerprint density at radius 3 is 2.72 bits per heavy atom. The maximum atomic E-state index is 12.2. The maximum absolute atomic E-state index is 12.2. The first kappa shape index (κ1) is 17.7. The van der Waals surface area contributed by atoms with Gasteiger partial charge in [0, 0.05) is 13.0 Å². The highest BCUT2D eigenvalue weighted by atomic mass is 16.5. The van der Waals surface area contributed by atoms with Crippen LogP contribution in [0.3, 0.4) is 0 Å². The number of aliphatic hydroxyl groups is 1. The number of hydrogen-bond acceptors (Lipinski definition) is 3. The largest absolute Gasteiger partial charge is 0.393 e. The number of methoxy groups -OCH3 is 1. The van der Waals surface area contributed by atoms with Crippen LogP contribution < -0.4 is 0 Å². The second-order valence-electron chi connectivity index (χ2n) is 9.80. The summed E-state index contributed by atoms with van der Waals surface area (Å²) in [5.74, 6) is 1.95. The van der Waals surface area contributed by atoms with Crippen LogP contribution in [0.4, 0.5) is 0 Å². The summed E-state index contributed by atoms with van der Waals surface area (Å²) in [6.07, 6.45) is 9.85. The van der Waals surface area contributed by atoms with Gasteiger partial charge < -0.3 is 9.84 Å². The number of carbonyl (C=O) groups excluding carboxylic acids is 1. The van der Waals surface area contributed by atoms with E-state index in [1.807, 2.05) is 7.11 Å². The molecule has 140 valence electrons. The zero-order valence-corrected chi connectivity index (χ0v) is 16.3. The van der Waals surface area contributed by atoms with E-state index in [1.54, 1.807) is 6.92 Å². The summed E-state index contributed by atoms with van der Waals surface area (Å²) in [5, 5.41) is 11.3. The SMILES string of the molecule is CO[C@H]1CC[C@@]2(C)C(=CCC3C2[C@@H](O)C[C@@]2(C)C3CC[C@@H]2C(C)=O)C1. The van der Waals surface area contributed by atoms with E-state index in [2.05, 4.69) is 19.9 Å². The lowest BCUT2D eigenvalue weighted by Gasteiger charge is -2.59. The normalized spacial score (nSPS) is 52.0. The molecule has 3 unspecified atom stereocenters. The van der Waals surface area contributed by atoms with Crippen LogP contribution in [0.2, 0.25) is 0 Å². The summed E-state index contributed by atoms with van der Waals surface area (Å²) in [6, 6.07) is 0. The molecule has 0 bridgehead atoms. The van der Waals surface area contributed by atoms with Crippen molar-refractivity contribution in [3.63, 3.8) is 0 Å². The first-order chi connectivity index (χ1) is 11.8. The zero-order valence-electron chi connectivity index (χ0n) is 16.3. The molecule has 3 nitrogen and oxygen atoms in total. The van der Waals surface area contributed by atoms with E-state index in [-0.39, 0.29) is 22.9 Å². The number of ether oxygens (including phenoxy) is 1. The number of hydrogen-bond donors (Lipinski definition) is 1. The van der Waals surface area contributed by atoms with E-state index in [9.17, 15) is 9.90 Å². The van der Waals surface area contributed by atoms with Crippen LogP contribution in [-0.4, -0.2) is 30.2 Å². The summed E-state index contributed by atoms with van der Waals surface area (Å²) in [6.45, 7) is 6.44. The van der Waals surface area contributed by atoms with Crippen LogP contribution in [0.25, 0.3) is 0 Å². The second-order valence-corrected chi connectivity index (χ2v) is 9.80. The third-order valence-corrected chi connectivity index (χ3v) is 8.81. The van der Waals surface area contributed by atoms with Crippen molar-refractivity contribution >= 4 is 5.78 Å². The molecule has 25 heavy (non-hydrogen) atoms. The summed E-state index contributed by atoms with van der Waals surface area (Å²) >= 11 is 0. The zero-order chi connectivity index (χ0) is 18.0. The Morgan fingerprint density at radius 1 is 1.28 bits per heavy atom. The number of fused-ring (bicyclic) bond motifs is 5. The minimum absolute atomic E-state index is 0.00213. The molecule has 0 saturated heterocycles. The molecule has 4 aliphatic rings. The molecular formula is C22H34O3. The van der Waals surface area contributed by atoms with Crippen molar-refractivity contribution in [2.24, 2.45) is 34.5 Å². The highest BCUT2D eigenvalue weighted by Crippen LogP contribution is 2.66.